The Hall–Kier alpha value is -1.53. The summed E-state index contributed by atoms with van der Waals surface area (Å²) in [4.78, 5) is 13.6. The maximum Gasteiger partial charge on any atom is 0.316 e. The fourth-order valence-electron chi connectivity index (χ4n) is 1.50. The Balaban J connectivity index is 1.91. The normalized spacial score (nSPS) is 10.6. The van der Waals surface area contributed by atoms with Crippen molar-refractivity contribution in [3.05, 3.63) is 33.5 Å². The van der Waals surface area contributed by atoms with Crippen molar-refractivity contribution in [2.75, 3.05) is 6.61 Å². The van der Waals surface area contributed by atoms with Crippen LogP contribution in [0.4, 0.5) is 0 Å². The highest BCUT2D eigenvalue weighted by molar-refractivity contribution is 7.09. The molecule has 0 atom stereocenters. The summed E-state index contributed by atoms with van der Waals surface area (Å²) in [6, 6.07) is 0.354. The van der Waals surface area contributed by atoms with E-state index >= 15 is 0 Å². The number of hydrogen-bond acceptors (Lipinski definition) is 6. The van der Waals surface area contributed by atoms with E-state index < -0.39 is 0 Å². The van der Waals surface area contributed by atoms with Crippen LogP contribution in [0.25, 0.3) is 0 Å². The van der Waals surface area contributed by atoms with Gasteiger partial charge in [-0.05, 0) is 13.8 Å². The number of ether oxygens (including phenoxy) is 1. The topological polar surface area (TPSA) is 68.1 Å². The minimum Gasteiger partial charge on any atom is -0.463 e. The molecule has 6 heteroatoms. The molecule has 0 radical (unpaired) electrons. The second kappa shape index (κ2) is 5.88. The van der Waals surface area contributed by atoms with Crippen molar-refractivity contribution in [1.82, 2.24) is 15.0 Å². The highest BCUT2D eigenvalue weighted by Crippen LogP contribution is 2.13. The minimum absolute atomic E-state index is 0.0494. The summed E-state index contributed by atoms with van der Waals surface area (Å²) in [5, 5.41) is 9.01. The molecule has 1 N–H and O–H groups in total. The van der Waals surface area contributed by atoms with E-state index in [0.717, 1.165) is 23.4 Å². The molecule has 0 aromatic carbocycles. The summed E-state index contributed by atoms with van der Waals surface area (Å²) >= 11 is 1.63. The van der Waals surface area contributed by atoms with E-state index in [1.54, 1.807) is 17.5 Å². The van der Waals surface area contributed by atoms with Gasteiger partial charge in [-0.2, -0.15) is 0 Å². The Bertz CT molecular complexity index is 528. The number of aryl methyl sites for hydroxylation is 2. The van der Waals surface area contributed by atoms with Gasteiger partial charge in [-0.1, -0.05) is 0 Å². The van der Waals surface area contributed by atoms with Crippen LogP contribution >= 0.6 is 11.3 Å². The molecule has 0 saturated heterocycles. The molecular formula is C12H15N3O2S. The average molecular weight is 265 g/mol. The van der Waals surface area contributed by atoms with Gasteiger partial charge in [0.25, 0.3) is 0 Å². The number of thiazole rings is 1. The van der Waals surface area contributed by atoms with Gasteiger partial charge >= 0.3 is 6.01 Å². The van der Waals surface area contributed by atoms with E-state index in [1.165, 1.54) is 4.88 Å². The monoisotopic (exact) mass is 265 g/mol. The van der Waals surface area contributed by atoms with Crippen LogP contribution in [-0.2, 0) is 13.0 Å². The maximum atomic E-state index is 9.01. The lowest BCUT2D eigenvalue weighted by Crippen LogP contribution is -2.06. The number of aromatic nitrogens is 3. The molecule has 5 nitrogen and oxygen atoms in total. The molecule has 0 spiro atoms. The molecule has 0 unspecified atom stereocenters. The first-order valence-corrected chi connectivity index (χ1v) is 6.54. The first-order chi connectivity index (χ1) is 8.70. The Kier molecular flexibility index (Phi) is 4.22. The van der Waals surface area contributed by atoms with Gasteiger partial charge in [-0.3, -0.25) is 0 Å². The summed E-state index contributed by atoms with van der Waals surface area (Å²) in [5.74, 6) is 0. The summed E-state index contributed by atoms with van der Waals surface area (Å²) in [5.41, 5.74) is 4.36. The van der Waals surface area contributed by atoms with Crippen LogP contribution in [0.2, 0.25) is 0 Å². The molecule has 18 heavy (non-hydrogen) atoms. The first-order valence-electron chi connectivity index (χ1n) is 5.66. The zero-order chi connectivity index (χ0) is 13.0. The van der Waals surface area contributed by atoms with Crippen molar-refractivity contribution < 1.29 is 9.84 Å². The molecule has 0 bridgehead atoms. The molecule has 0 saturated carbocycles. The average Bonchev–Trinajstić information content (AvgIpc) is 2.75. The largest absolute Gasteiger partial charge is 0.463 e. The van der Waals surface area contributed by atoms with Gasteiger partial charge in [0.05, 0.1) is 30.1 Å². The minimum atomic E-state index is -0.0494. The Labute approximate surface area is 110 Å². The van der Waals surface area contributed by atoms with Gasteiger partial charge < -0.3 is 9.84 Å². The van der Waals surface area contributed by atoms with Crippen molar-refractivity contribution in [1.29, 1.82) is 0 Å². The Morgan fingerprint density at radius 2 is 2.11 bits per heavy atom. The van der Waals surface area contributed by atoms with E-state index in [0.29, 0.717) is 12.6 Å². The number of hydrogen-bond donors (Lipinski definition) is 1. The van der Waals surface area contributed by atoms with Gasteiger partial charge in [0, 0.05) is 23.1 Å². The summed E-state index contributed by atoms with van der Waals surface area (Å²) in [6.45, 7) is 4.29. The van der Waals surface area contributed by atoms with Gasteiger partial charge in [0.2, 0.25) is 0 Å². The van der Waals surface area contributed by atoms with Crippen LogP contribution in [0, 0.1) is 13.8 Å². The summed E-state index contributed by atoms with van der Waals surface area (Å²) in [7, 11) is 0. The molecule has 0 aliphatic heterocycles. The highest BCUT2D eigenvalue weighted by Gasteiger charge is 2.05. The van der Waals surface area contributed by atoms with E-state index in [4.69, 9.17) is 9.84 Å². The third-order valence-corrected chi connectivity index (χ3v) is 3.63. The van der Waals surface area contributed by atoms with Crippen molar-refractivity contribution in [3.8, 4) is 6.01 Å². The smallest absolute Gasteiger partial charge is 0.316 e. The van der Waals surface area contributed by atoms with Crippen molar-refractivity contribution in [2.45, 2.75) is 26.9 Å². The fraction of sp³-hybridized carbons (Fsp3) is 0.417. The molecule has 0 amide bonds. The summed E-state index contributed by atoms with van der Waals surface area (Å²) in [6.07, 6.45) is 2.40. The predicted octanol–water partition coefficient (Wildman–Crippen LogP) is 1.66. The van der Waals surface area contributed by atoms with Crippen molar-refractivity contribution in [2.24, 2.45) is 0 Å². The highest BCUT2D eigenvalue weighted by atomic mass is 32.1. The Morgan fingerprint density at radius 1 is 1.28 bits per heavy atom. The number of nitrogens with zero attached hydrogens (tertiary/aromatic N) is 3. The molecule has 2 aromatic heterocycles. The van der Waals surface area contributed by atoms with Crippen LogP contribution in [0.5, 0.6) is 6.01 Å². The van der Waals surface area contributed by atoms with Gasteiger partial charge in [0.15, 0.2) is 0 Å². The molecule has 2 rings (SSSR count). The quantitative estimate of drug-likeness (QED) is 0.890. The zero-order valence-corrected chi connectivity index (χ0v) is 11.2. The van der Waals surface area contributed by atoms with Crippen LogP contribution < -0.4 is 4.74 Å². The van der Waals surface area contributed by atoms with Crippen LogP contribution in [0.15, 0.2) is 11.7 Å². The molecule has 2 aromatic rings. The molecule has 0 fully saturated rings. The first kappa shape index (κ1) is 12.9. The van der Waals surface area contributed by atoms with Crippen LogP contribution in [-0.4, -0.2) is 26.7 Å². The van der Waals surface area contributed by atoms with E-state index in [9.17, 15) is 0 Å². The lowest BCUT2D eigenvalue weighted by molar-refractivity contribution is 0.274. The van der Waals surface area contributed by atoms with Gasteiger partial charge in [-0.25, -0.2) is 15.0 Å². The number of aliphatic hydroxyl groups is 1. The van der Waals surface area contributed by atoms with Crippen molar-refractivity contribution >= 4 is 11.3 Å². The maximum absolute atomic E-state index is 9.01. The third kappa shape index (κ3) is 3.02. The van der Waals surface area contributed by atoms with E-state index in [2.05, 4.69) is 15.0 Å². The molecule has 0 aliphatic rings. The molecule has 0 aliphatic carbocycles. The number of rotatable bonds is 5. The van der Waals surface area contributed by atoms with Gasteiger partial charge in [-0.15, -0.1) is 11.3 Å². The molecule has 96 valence electrons. The standard InChI is InChI=1S/C12H15N3O2S/c1-8-10(6-16)5-13-12(15-8)17-4-3-11-9(2)14-7-18-11/h5,7,16H,3-4,6H2,1-2H3. The fourth-order valence-corrected chi connectivity index (χ4v) is 2.26. The lowest BCUT2D eigenvalue weighted by atomic mass is 10.3. The second-order valence-corrected chi connectivity index (χ2v) is 4.82. The molecular weight excluding hydrogens is 250 g/mol. The second-order valence-electron chi connectivity index (χ2n) is 3.88. The zero-order valence-electron chi connectivity index (χ0n) is 10.4. The SMILES string of the molecule is Cc1nc(OCCc2scnc2C)ncc1CO. The lowest BCUT2D eigenvalue weighted by Gasteiger charge is -2.06. The third-order valence-electron chi connectivity index (χ3n) is 2.63. The summed E-state index contributed by atoms with van der Waals surface area (Å²) < 4.78 is 5.49. The molecule has 2 heterocycles. The van der Waals surface area contributed by atoms with E-state index in [1.807, 2.05) is 19.4 Å². The Morgan fingerprint density at radius 3 is 2.72 bits per heavy atom. The van der Waals surface area contributed by atoms with Gasteiger partial charge in [0.1, 0.15) is 0 Å². The predicted molar refractivity (Wildman–Crippen MR) is 68.7 cm³/mol. The van der Waals surface area contributed by atoms with Crippen molar-refractivity contribution in [3.63, 3.8) is 0 Å². The van der Waals surface area contributed by atoms with Crippen LogP contribution in [0.3, 0.4) is 0 Å². The van der Waals surface area contributed by atoms with Crippen LogP contribution in [0.1, 0.15) is 21.8 Å². The van der Waals surface area contributed by atoms with E-state index in [-0.39, 0.29) is 6.61 Å². The number of aliphatic hydroxyl groups excluding tert-OH is 1.